The molecule has 0 bridgehead atoms. The molecular formula is C24H18N2O3S. The molecular weight excluding hydrogens is 396 g/mol. The zero-order chi connectivity index (χ0) is 21.1. The quantitative estimate of drug-likeness (QED) is 0.360. The molecule has 0 aromatic heterocycles. The first-order valence-corrected chi connectivity index (χ1v) is 9.69. The van der Waals surface area contributed by atoms with Gasteiger partial charge in [-0.05, 0) is 60.3 Å². The van der Waals surface area contributed by atoms with Crippen LogP contribution in [0.2, 0.25) is 0 Å². The molecule has 0 aliphatic carbocycles. The molecule has 0 unspecified atom stereocenters. The largest absolute Gasteiger partial charge is 0.497 e. The average molecular weight is 414 g/mol. The van der Waals surface area contributed by atoms with Crippen LogP contribution in [0.3, 0.4) is 0 Å². The van der Waals surface area contributed by atoms with Crippen LogP contribution in [0.4, 0.5) is 11.4 Å². The molecule has 1 heterocycles. The van der Waals surface area contributed by atoms with Gasteiger partial charge in [-0.1, -0.05) is 48.5 Å². The van der Waals surface area contributed by atoms with Crippen LogP contribution in [-0.4, -0.2) is 24.0 Å². The first-order valence-electron chi connectivity index (χ1n) is 9.29. The van der Waals surface area contributed by atoms with Gasteiger partial charge < -0.3 is 4.74 Å². The highest BCUT2D eigenvalue weighted by Crippen LogP contribution is 2.29. The molecule has 0 radical (unpaired) electrons. The number of carbonyl (C=O) groups is 2. The Morgan fingerprint density at radius 1 is 0.733 bits per heavy atom. The number of thiocarbonyl (C=S) groups is 1. The van der Waals surface area contributed by atoms with E-state index in [1.807, 2.05) is 36.4 Å². The van der Waals surface area contributed by atoms with Crippen LogP contribution >= 0.6 is 12.2 Å². The van der Waals surface area contributed by atoms with Crippen molar-refractivity contribution in [1.29, 1.82) is 0 Å². The molecule has 5 nitrogen and oxygen atoms in total. The van der Waals surface area contributed by atoms with E-state index >= 15 is 0 Å². The van der Waals surface area contributed by atoms with Gasteiger partial charge in [0.05, 0.1) is 18.5 Å². The van der Waals surface area contributed by atoms with Gasteiger partial charge in [0.2, 0.25) is 0 Å². The van der Waals surface area contributed by atoms with Gasteiger partial charge >= 0.3 is 0 Å². The molecule has 1 aliphatic rings. The number of ether oxygens (including phenoxy) is 1. The monoisotopic (exact) mass is 414 g/mol. The highest BCUT2D eigenvalue weighted by atomic mass is 32.1. The number of para-hydroxylation sites is 2. The van der Waals surface area contributed by atoms with E-state index in [-0.39, 0.29) is 10.7 Å². The van der Waals surface area contributed by atoms with Gasteiger partial charge in [-0.15, -0.1) is 0 Å². The summed E-state index contributed by atoms with van der Waals surface area (Å²) in [6.07, 6.45) is 1.58. The van der Waals surface area contributed by atoms with Gasteiger partial charge in [0.15, 0.2) is 5.11 Å². The van der Waals surface area contributed by atoms with Crippen molar-refractivity contribution < 1.29 is 14.3 Å². The van der Waals surface area contributed by atoms with E-state index in [4.69, 9.17) is 17.0 Å². The van der Waals surface area contributed by atoms with Gasteiger partial charge in [-0.25, -0.2) is 0 Å². The van der Waals surface area contributed by atoms with Crippen molar-refractivity contribution >= 4 is 46.6 Å². The number of nitrogens with zero attached hydrogens (tertiary/aromatic N) is 2. The number of hydrogen-bond donors (Lipinski definition) is 0. The smallest absolute Gasteiger partial charge is 0.270 e. The fraction of sp³-hybridized carbons (Fsp3) is 0.0417. The highest BCUT2D eigenvalue weighted by Gasteiger charge is 2.41. The van der Waals surface area contributed by atoms with Gasteiger partial charge in [-0.2, -0.15) is 0 Å². The number of hydrogen-bond acceptors (Lipinski definition) is 4. The number of amides is 2. The van der Waals surface area contributed by atoms with Crippen molar-refractivity contribution in [2.45, 2.75) is 0 Å². The topological polar surface area (TPSA) is 49.9 Å². The van der Waals surface area contributed by atoms with Crippen LogP contribution in [0.1, 0.15) is 5.56 Å². The predicted molar refractivity (Wildman–Crippen MR) is 121 cm³/mol. The molecule has 0 saturated carbocycles. The molecule has 0 N–H and O–H groups in total. The van der Waals surface area contributed by atoms with Crippen molar-refractivity contribution in [3.05, 3.63) is 96.1 Å². The Bertz CT molecular complexity index is 1060. The summed E-state index contributed by atoms with van der Waals surface area (Å²) in [4.78, 5) is 29.5. The third kappa shape index (κ3) is 3.60. The minimum Gasteiger partial charge on any atom is -0.497 e. The average Bonchev–Trinajstić information content (AvgIpc) is 2.79. The van der Waals surface area contributed by atoms with E-state index in [9.17, 15) is 9.59 Å². The van der Waals surface area contributed by atoms with E-state index in [2.05, 4.69) is 0 Å². The zero-order valence-electron chi connectivity index (χ0n) is 16.2. The highest BCUT2D eigenvalue weighted by molar-refractivity contribution is 7.81. The van der Waals surface area contributed by atoms with Crippen molar-refractivity contribution in [3.8, 4) is 5.75 Å². The standard InChI is InChI=1S/C24H18N2O3S/c1-29-20-14-12-17(13-15-20)16-21-22(27)25(18-8-4-2-5-9-18)24(30)26(23(21)28)19-10-6-3-7-11-19/h2-16H,1H3. The number of anilines is 2. The molecule has 3 aromatic rings. The van der Waals surface area contributed by atoms with Crippen LogP contribution in [-0.2, 0) is 9.59 Å². The van der Waals surface area contributed by atoms with E-state index in [0.717, 1.165) is 0 Å². The Hall–Kier alpha value is -3.77. The zero-order valence-corrected chi connectivity index (χ0v) is 17.0. The Kier molecular flexibility index (Phi) is 5.41. The molecule has 3 aromatic carbocycles. The summed E-state index contributed by atoms with van der Waals surface area (Å²) in [6, 6.07) is 25.3. The van der Waals surface area contributed by atoms with Gasteiger partial charge in [-0.3, -0.25) is 19.4 Å². The molecule has 0 atom stereocenters. The predicted octanol–water partition coefficient (Wildman–Crippen LogP) is 4.44. The maximum atomic E-state index is 13.3. The summed E-state index contributed by atoms with van der Waals surface area (Å²) >= 11 is 5.58. The molecule has 6 heteroatoms. The Balaban J connectivity index is 1.83. The van der Waals surface area contributed by atoms with Crippen molar-refractivity contribution in [2.24, 2.45) is 0 Å². The van der Waals surface area contributed by atoms with Crippen LogP contribution in [0.5, 0.6) is 5.75 Å². The van der Waals surface area contributed by atoms with E-state index < -0.39 is 11.8 Å². The lowest BCUT2D eigenvalue weighted by Crippen LogP contribution is -2.56. The second-order valence-electron chi connectivity index (χ2n) is 6.57. The van der Waals surface area contributed by atoms with E-state index in [1.165, 1.54) is 9.80 Å². The SMILES string of the molecule is COc1ccc(C=C2C(=O)N(c3ccccc3)C(=S)N(c3ccccc3)C2=O)cc1. The second-order valence-corrected chi connectivity index (χ2v) is 6.93. The number of benzene rings is 3. The fourth-order valence-corrected chi connectivity index (χ4v) is 3.58. The lowest BCUT2D eigenvalue weighted by Gasteiger charge is -2.36. The first kappa shape index (κ1) is 19.5. The minimum absolute atomic E-state index is 0.0291. The van der Waals surface area contributed by atoms with Crippen LogP contribution < -0.4 is 14.5 Å². The number of carbonyl (C=O) groups excluding carboxylic acids is 2. The minimum atomic E-state index is -0.459. The lowest BCUT2D eigenvalue weighted by molar-refractivity contribution is -0.120. The molecule has 1 aliphatic heterocycles. The Morgan fingerprint density at radius 3 is 1.63 bits per heavy atom. The molecule has 148 valence electrons. The van der Waals surface area contributed by atoms with Gasteiger partial charge in [0.1, 0.15) is 11.3 Å². The van der Waals surface area contributed by atoms with Crippen LogP contribution in [0.15, 0.2) is 90.5 Å². The van der Waals surface area contributed by atoms with Gasteiger partial charge in [0.25, 0.3) is 11.8 Å². The van der Waals surface area contributed by atoms with Crippen LogP contribution in [0, 0.1) is 0 Å². The Labute approximate surface area is 179 Å². The Morgan fingerprint density at radius 2 is 1.20 bits per heavy atom. The van der Waals surface area contributed by atoms with E-state index in [1.54, 1.807) is 61.7 Å². The molecule has 4 rings (SSSR count). The maximum Gasteiger partial charge on any atom is 0.270 e. The van der Waals surface area contributed by atoms with Crippen LogP contribution in [0.25, 0.3) is 6.08 Å². The lowest BCUT2D eigenvalue weighted by atomic mass is 10.0. The van der Waals surface area contributed by atoms with Crippen molar-refractivity contribution in [2.75, 3.05) is 16.9 Å². The third-order valence-corrected chi connectivity index (χ3v) is 5.07. The molecule has 2 amide bonds. The maximum absolute atomic E-state index is 13.3. The molecule has 30 heavy (non-hydrogen) atoms. The second kappa shape index (κ2) is 8.31. The van der Waals surface area contributed by atoms with Gasteiger partial charge in [0, 0.05) is 0 Å². The molecule has 0 spiro atoms. The fourth-order valence-electron chi connectivity index (χ4n) is 3.21. The summed E-state index contributed by atoms with van der Waals surface area (Å²) in [5.74, 6) is -0.227. The third-order valence-electron chi connectivity index (χ3n) is 4.71. The van der Waals surface area contributed by atoms with Crippen molar-refractivity contribution in [1.82, 2.24) is 0 Å². The summed E-state index contributed by atoms with van der Waals surface area (Å²) in [7, 11) is 1.58. The number of rotatable bonds is 4. The molecule has 1 saturated heterocycles. The summed E-state index contributed by atoms with van der Waals surface area (Å²) in [5.41, 5.74) is 1.94. The van der Waals surface area contributed by atoms with E-state index in [0.29, 0.717) is 22.7 Å². The first-order chi connectivity index (χ1) is 14.6. The summed E-state index contributed by atoms with van der Waals surface area (Å²) in [6.45, 7) is 0. The summed E-state index contributed by atoms with van der Waals surface area (Å²) < 4.78 is 5.18. The number of methoxy groups -OCH3 is 1. The van der Waals surface area contributed by atoms with Crippen molar-refractivity contribution in [3.63, 3.8) is 0 Å². The normalized spacial score (nSPS) is 14.2. The molecule has 1 fully saturated rings. The summed E-state index contributed by atoms with van der Waals surface area (Å²) in [5, 5.41) is 0.120.